The van der Waals surface area contributed by atoms with E-state index in [0.717, 1.165) is 43.3 Å². The van der Waals surface area contributed by atoms with Crippen LogP contribution in [0.2, 0.25) is 0 Å². The van der Waals surface area contributed by atoms with Crippen molar-refractivity contribution in [2.75, 3.05) is 6.54 Å². The van der Waals surface area contributed by atoms with Gasteiger partial charge in [0.25, 0.3) is 0 Å². The fourth-order valence-corrected chi connectivity index (χ4v) is 2.77. The van der Waals surface area contributed by atoms with Crippen molar-refractivity contribution in [1.82, 2.24) is 10.1 Å². The summed E-state index contributed by atoms with van der Waals surface area (Å²) in [4.78, 5) is 5.67. The molecule has 0 aliphatic carbocycles. The minimum Gasteiger partial charge on any atom is -0.339 e. The van der Waals surface area contributed by atoms with Gasteiger partial charge in [-0.15, -0.1) is 11.8 Å². The molecule has 4 nitrogen and oxygen atoms in total. The number of rotatable bonds is 8. The van der Waals surface area contributed by atoms with Crippen LogP contribution in [0.1, 0.15) is 37.0 Å². The standard InChI is InChI=1S/C16H23N3OS/c1-12-3-6-14(7-4-12)21-11-15-18-16(20-19-15)8-5-13(2)9-10-17/h3-4,6-7,13H,5,8-11,17H2,1-2H3. The van der Waals surface area contributed by atoms with Gasteiger partial charge >= 0.3 is 0 Å². The van der Waals surface area contributed by atoms with Crippen molar-refractivity contribution in [3.8, 4) is 0 Å². The van der Waals surface area contributed by atoms with Crippen LogP contribution in [-0.2, 0) is 12.2 Å². The summed E-state index contributed by atoms with van der Waals surface area (Å²) in [5.74, 6) is 2.85. The SMILES string of the molecule is Cc1ccc(SCc2noc(CCC(C)CCN)n2)cc1. The van der Waals surface area contributed by atoms with E-state index in [-0.39, 0.29) is 0 Å². The molecular formula is C16H23N3OS. The molecule has 0 radical (unpaired) electrons. The van der Waals surface area contributed by atoms with Gasteiger partial charge in [0.2, 0.25) is 5.89 Å². The van der Waals surface area contributed by atoms with Gasteiger partial charge in [0.05, 0.1) is 5.75 Å². The van der Waals surface area contributed by atoms with Crippen LogP contribution in [0.3, 0.4) is 0 Å². The Morgan fingerprint density at radius 1 is 1.24 bits per heavy atom. The highest BCUT2D eigenvalue weighted by molar-refractivity contribution is 7.98. The highest BCUT2D eigenvalue weighted by Crippen LogP contribution is 2.22. The molecule has 1 atom stereocenters. The summed E-state index contributed by atoms with van der Waals surface area (Å²) in [6, 6.07) is 8.47. The summed E-state index contributed by atoms with van der Waals surface area (Å²) in [7, 11) is 0. The van der Waals surface area contributed by atoms with Crippen molar-refractivity contribution in [1.29, 1.82) is 0 Å². The van der Waals surface area contributed by atoms with E-state index in [9.17, 15) is 0 Å². The predicted octanol–water partition coefficient (Wildman–Crippen LogP) is 3.59. The Bertz CT molecular complexity index is 539. The number of benzene rings is 1. The minimum atomic E-state index is 0.604. The molecule has 1 heterocycles. The third kappa shape index (κ3) is 5.52. The molecule has 2 aromatic rings. The van der Waals surface area contributed by atoms with Crippen LogP contribution >= 0.6 is 11.8 Å². The molecule has 0 bridgehead atoms. The average Bonchev–Trinajstić information content (AvgIpc) is 2.93. The number of nitrogens with two attached hydrogens (primary N) is 1. The van der Waals surface area contributed by atoms with Crippen LogP contribution in [0.15, 0.2) is 33.7 Å². The van der Waals surface area contributed by atoms with E-state index in [1.165, 1.54) is 10.5 Å². The van der Waals surface area contributed by atoms with Crippen molar-refractivity contribution in [2.24, 2.45) is 11.7 Å². The Morgan fingerprint density at radius 3 is 2.71 bits per heavy atom. The highest BCUT2D eigenvalue weighted by Gasteiger charge is 2.09. The zero-order chi connectivity index (χ0) is 15.1. The zero-order valence-electron chi connectivity index (χ0n) is 12.7. The van der Waals surface area contributed by atoms with Crippen LogP contribution in [0, 0.1) is 12.8 Å². The summed E-state index contributed by atoms with van der Waals surface area (Å²) >= 11 is 1.73. The van der Waals surface area contributed by atoms with E-state index in [2.05, 4.69) is 48.3 Å². The Balaban J connectivity index is 1.78. The van der Waals surface area contributed by atoms with E-state index in [1.807, 2.05) is 0 Å². The van der Waals surface area contributed by atoms with Crippen molar-refractivity contribution < 1.29 is 4.52 Å². The first-order chi connectivity index (χ1) is 10.2. The molecule has 0 aliphatic heterocycles. The lowest BCUT2D eigenvalue weighted by Crippen LogP contribution is -2.06. The average molecular weight is 305 g/mol. The van der Waals surface area contributed by atoms with Gasteiger partial charge in [-0.2, -0.15) is 4.98 Å². The van der Waals surface area contributed by atoms with Gasteiger partial charge in [0, 0.05) is 11.3 Å². The predicted molar refractivity (Wildman–Crippen MR) is 86.2 cm³/mol. The number of aromatic nitrogens is 2. The molecule has 1 unspecified atom stereocenters. The maximum Gasteiger partial charge on any atom is 0.226 e. The van der Waals surface area contributed by atoms with E-state index in [1.54, 1.807) is 11.8 Å². The molecule has 0 spiro atoms. The largest absolute Gasteiger partial charge is 0.339 e. The molecular weight excluding hydrogens is 282 g/mol. The molecule has 0 saturated heterocycles. The molecule has 0 aliphatic rings. The van der Waals surface area contributed by atoms with Crippen LogP contribution in [0.25, 0.3) is 0 Å². The lowest BCUT2D eigenvalue weighted by Gasteiger charge is -2.06. The van der Waals surface area contributed by atoms with Gasteiger partial charge in [-0.25, -0.2) is 0 Å². The zero-order valence-corrected chi connectivity index (χ0v) is 13.5. The van der Waals surface area contributed by atoms with Gasteiger partial charge in [0.15, 0.2) is 5.82 Å². The van der Waals surface area contributed by atoms with E-state index >= 15 is 0 Å². The monoisotopic (exact) mass is 305 g/mol. The Hall–Kier alpha value is -1.33. The van der Waals surface area contributed by atoms with Crippen LogP contribution in [0.4, 0.5) is 0 Å². The van der Waals surface area contributed by atoms with E-state index < -0.39 is 0 Å². The number of thioether (sulfide) groups is 1. The molecule has 1 aromatic carbocycles. The van der Waals surface area contributed by atoms with Gasteiger partial charge in [-0.3, -0.25) is 0 Å². The lowest BCUT2D eigenvalue weighted by molar-refractivity contribution is 0.359. The second-order valence-electron chi connectivity index (χ2n) is 5.43. The summed E-state index contributed by atoms with van der Waals surface area (Å²) < 4.78 is 5.30. The molecule has 0 amide bonds. The normalized spacial score (nSPS) is 12.5. The maximum absolute atomic E-state index is 5.55. The molecule has 114 valence electrons. The Labute approximate surface area is 130 Å². The van der Waals surface area contributed by atoms with Crippen molar-refractivity contribution in [3.63, 3.8) is 0 Å². The van der Waals surface area contributed by atoms with Gasteiger partial charge in [-0.05, 0) is 44.4 Å². The molecule has 2 rings (SSSR count). The third-order valence-electron chi connectivity index (χ3n) is 3.41. The molecule has 21 heavy (non-hydrogen) atoms. The van der Waals surface area contributed by atoms with Gasteiger partial charge in [-0.1, -0.05) is 29.8 Å². The lowest BCUT2D eigenvalue weighted by atomic mass is 10.0. The van der Waals surface area contributed by atoms with E-state index in [0.29, 0.717) is 5.92 Å². The van der Waals surface area contributed by atoms with Crippen molar-refractivity contribution >= 4 is 11.8 Å². The highest BCUT2D eigenvalue weighted by atomic mass is 32.2. The smallest absolute Gasteiger partial charge is 0.226 e. The Morgan fingerprint density at radius 2 is 2.00 bits per heavy atom. The summed E-state index contributed by atoms with van der Waals surface area (Å²) in [6.45, 7) is 5.03. The number of hydrogen-bond acceptors (Lipinski definition) is 5. The first-order valence-corrected chi connectivity index (χ1v) is 8.37. The van der Waals surface area contributed by atoms with Crippen LogP contribution < -0.4 is 5.73 Å². The number of nitrogens with zero attached hydrogens (tertiary/aromatic N) is 2. The van der Waals surface area contributed by atoms with Crippen molar-refractivity contribution in [3.05, 3.63) is 41.5 Å². The van der Waals surface area contributed by atoms with E-state index in [4.69, 9.17) is 10.3 Å². The fourth-order valence-electron chi connectivity index (χ4n) is 2.03. The quantitative estimate of drug-likeness (QED) is 0.755. The molecule has 1 aromatic heterocycles. The minimum absolute atomic E-state index is 0.604. The fraction of sp³-hybridized carbons (Fsp3) is 0.500. The van der Waals surface area contributed by atoms with Crippen LogP contribution in [-0.4, -0.2) is 16.7 Å². The topological polar surface area (TPSA) is 64.9 Å². The molecule has 0 fully saturated rings. The summed E-state index contributed by atoms with van der Waals surface area (Å²) in [6.07, 6.45) is 2.93. The van der Waals surface area contributed by atoms with Gasteiger partial charge < -0.3 is 10.3 Å². The van der Waals surface area contributed by atoms with Gasteiger partial charge in [0.1, 0.15) is 0 Å². The number of hydrogen-bond donors (Lipinski definition) is 1. The summed E-state index contributed by atoms with van der Waals surface area (Å²) in [5, 5.41) is 4.04. The first kappa shape index (κ1) is 16.0. The second-order valence-corrected chi connectivity index (χ2v) is 6.48. The Kier molecular flexibility index (Phi) is 6.26. The molecule has 2 N–H and O–H groups in total. The maximum atomic E-state index is 5.55. The van der Waals surface area contributed by atoms with Crippen LogP contribution in [0.5, 0.6) is 0 Å². The third-order valence-corrected chi connectivity index (χ3v) is 4.42. The second kappa shape index (κ2) is 8.20. The molecule has 5 heteroatoms. The van der Waals surface area contributed by atoms with Crippen molar-refractivity contribution in [2.45, 2.75) is 43.8 Å². The number of aryl methyl sites for hydroxylation is 2. The molecule has 0 saturated carbocycles. The first-order valence-electron chi connectivity index (χ1n) is 7.38. The summed E-state index contributed by atoms with van der Waals surface area (Å²) in [5.41, 5.74) is 6.82.